The van der Waals surface area contributed by atoms with E-state index in [-0.39, 0.29) is 19.6 Å². The minimum atomic E-state index is -4.31. The Morgan fingerprint density at radius 2 is 2.21 bits per heavy atom. The fourth-order valence-corrected chi connectivity index (χ4v) is 1.37. The largest absolute Gasteiger partial charge is 0.480 e. The summed E-state index contributed by atoms with van der Waals surface area (Å²) in [6.45, 7) is -0.138. The predicted molar refractivity (Wildman–Crippen MR) is 41.9 cm³/mol. The van der Waals surface area contributed by atoms with Crippen molar-refractivity contribution in [3.8, 4) is 0 Å². The normalized spacial score (nSPS) is 24.9. The van der Waals surface area contributed by atoms with E-state index in [1.807, 2.05) is 0 Å². The lowest BCUT2D eigenvalue weighted by molar-refractivity contribution is -0.166. The average Bonchev–Trinajstić information content (AvgIpc) is 2.01. The first kappa shape index (κ1) is 11.3. The van der Waals surface area contributed by atoms with Crippen LogP contribution in [-0.4, -0.2) is 54.4 Å². The third-order valence-corrected chi connectivity index (χ3v) is 2.01. The first-order chi connectivity index (χ1) is 6.39. The average molecular weight is 212 g/mol. The lowest BCUT2D eigenvalue weighted by Gasteiger charge is -2.33. The third kappa shape index (κ3) is 3.15. The van der Waals surface area contributed by atoms with Crippen molar-refractivity contribution < 1.29 is 23.1 Å². The fourth-order valence-electron chi connectivity index (χ4n) is 1.37. The van der Waals surface area contributed by atoms with Crippen LogP contribution in [-0.2, 0) is 4.79 Å². The molecule has 1 rings (SSSR count). The van der Waals surface area contributed by atoms with Gasteiger partial charge in [-0.15, -0.1) is 0 Å². The number of carboxylic acids is 1. The van der Waals surface area contributed by atoms with E-state index in [2.05, 4.69) is 5.32 Å². The number of halogens is 3. The maximum Gasteiger partial charge on any atom is 0.405 e. The molecule has 0 saturated carbocycles. The second-order valence-corrected chi connectivity index (χ2v) is 3.18. The molecule has 2 N–H and O–H groups in total. The number of nitrogens with one attached hydrogen (secondary N) is 1. The minimum Gasteiger partial charge on any atom is -0.480 e. The molecule has 0 aromatic rings. The molecule has 82 valence electrons. The van der Waals surface area contributed by atoms with Gasteiger partial charge in [-0.1, -0.05) is 0 Å². The zero-order valence-electron chi connectivity index (χ0n) is 7.34. The molecule has 0 bridgehead atoms. The highest BCUT2D eigenvalue weighted by molar-refractivity contribution is 5.69. The fraction of sp³-hybridized carbons (Fsp3) is 0.857. The van der Waals surface area contributed by atoms with Crippen LogP contribution in [0.5, 0.6) is 0 Å². The van der Waals surface area contributed by atoms with E-state index in [0.717, 1.165) is 0 Å². The molecule has 1 heterocycles. The molecular weight excluding hydrogens is 201 g/mol. The van der Waals surface area contributed by atoms with Gasteiger partial charge >= 0.3 is 12.1 Å². The lowest BCUT2D eigenvalue weighted by Crippen LogP contribution is -2.57. The highest BCUT2D eigenvalue weighted by Gasteiger charge is 2.41. The van der Waals surface area contributed by atoms with Crippen LogP contribution in [0.1, 0.15) is 0 Å². The zero-order chi connectivity index (χ0) is 10.8. The van der Waals surface area contributed by atoms with Crippen molar-refractivity contribution in [1.82, 2.24) is 10.2 Å². The molecule has 4 nitrogen and oxygen atoms in total. The van der Waals surface area contributed by atoms with Gasteiger partial charge in [0.1, 0.15) is 6.04 Å². The van der Waals surface area contributed by atoms with Gasteiger partial charge in [0.25, 0.3) is 0 Å². The van der Waals surface area contributed by atoms with Crippen LogP contribution in [0.2, 0.25) is 0 Å². The SMILES string of the molecule is O=C(O)CN1CCNC(C(F)(F)F)C1. The van der Waals surface area contributed by atoms with Crippen molar-refractivity contribution in [3.63, 3.8) is 0 Å². The van der Waals surface area contributed by atoms with Gasteiger partial charge in [-0.05, 0) is 0 Å². The summed E-state index contributed by atoms with van der Waals surface area (Å²) in [5.74, 6) is -1.10. The number of piperazine rings is 1. The van der Waals surface area contributed by atoms with Crippen molar-refractivity contribution in [2.45, 2.75) is 12.2 Å². The summed E-state index contributed by atoms with van der Waals surface area (Å²) in [5.41, 5.74) is 0. The molecule has 0 radical (unpaired) electrons. The molecule has 1 aliphatic rings. The number of hydrogen-bond acceptors (Lipinski definition) is 3. The van der Waals surface area contributed by atoms with E-state index in [0.29, 0.717) is 6.54 Å². The summed E-state index contributed by atoms with van der Waals surface area (Å²) in [6, 6.07) is -1.62. The van der Waals surface area contributed by atoms with Crippen molar-refractivity contribution in [3.05, 3.63) is 0 Å². The number of alkyl halides is 3. The highest BCUT2D eigenvalue weighted by Crippen LogP contribution is 2.22. The van der Waals surface area contributed by atoms with Gasteiger partial charge in [0.05, 0.1) is 6.54 Å². The van der Waals surface area contributed by atoms with E-state index in [9.17, 15) is 18.0 Å². The van der Waals surface area contributed by atoms with Crippen LogP contribution in [0, 0.1) is 0 Å². The van der Waals surface area contributed by atoms with Crippen LogP contribution >= 0.6 is 0 Å². The first-order valence-electron chi connectivity index (χ1n) is 4.14. The summed E-state index contributed by atoms with van der Waals surface area (Å²) in [5, 5.41) is 10.7. The van der Waals surface area contributed by atoms with Crippen LogP contribution in [0.15, 0.2) is 0 Å². The number of hydrogen-bond donors (Lipinski definition) is 2. The molecule has 14 heavy (non-hydrogen) atoms. The summed E-state index contributed by atoms with van der Waals surface area (Å²) < 4.78 is 36.6. The summed E-state index contributed by atoms with van der Waals surface area (Å²) in [4.78, 5) is 11.6. The number of nitrogens with zero attached hydrogens (tertiary/aromatic N) is 1. The van der Waals surface area contributed by atoms with E-state index in [1.165, 1.54) is 4.90 Å². The Bertz CT molecular complexity index is 219. The summed E-state index contributed by atoms with van der Waals surface area (Å²) in [7, 11) is 0. The standard InChI is InChI=1S/C7H11F3N2O2/c8-7(9,10)5-3-12(2-1-11-5)4-6(13)14/h5,11H,1-4H2,(H,13,14). The molecule has 0 aromatic heterocycles. The third-order valence-electron chi connectivity index (χ3n) is 2.01. The lowest BCUT2D eigenvalue weighted by atomic mass is 10.2. The number of aliphatic carboxylic acids is 1. The van der Waals surface area contributed by atoms with E-state index >= 15 is 0 Å². The van der Waals surface area contributed by atoms with Gasteiger partial charge in [-0.2, -0.15) is 13.2 Å². The van der Waals surface area contributed by atoms with Crippen molar-refractivity contribution in [2.75, 3.05) is 26.2 Å². The van der Waals surface area contributed by atoms with Crippen LogP contribution < -0.4 is 5.32 Å². The summed E-state index contributed by atoms with van der Waals surface area (Å²) in [6.07, 6.45) is -4.31. The van der Waals surface area contributed by atoms with Crippen LogP contribution in [0.4, 0.5) is 13.2 Å². The quantitative estimate of drug-likeness (QED) is 0.671. The van der Waals surface area contributed by atoms with E-state index < -0.39 is 18.2 Å². The van der Waals surface area contributed by atoms with E-state index in [4.69, 9.17) is 5.11 Å². The molecule has 0 spiro atoms. The summed E-state index contributed by atoms with van der Waals surface area (Å²) >= 11 is 0. The molecule has 7 heteroatoms. The zero-order valence-corrected chi connectivity index (χ0v) is 7.34. The van der Waals surface area contributed by atoms with E-state index in [1.54, 1.807) is 0 Å². The molecule has 1 atom stereocenters. The van der Waals surface area contributed by atoms with Crippen molar-refractivity contribution >= 4 is 5.97 Å². The Hall–Kier alpha value is -0.820. The Kier molecular flexibility index (Phi) is 3.33. The van der Waals surface area contributed by atoms with Gasteiger partial charge < -0.3 is 10.4 Å². The predicted octanol–water partition coefficient (Wildman–Crippen LogP) is -0.0929. The minimum absolute atomic E-state index is 0.164. The maximum atomic E-state index is 12.2. The van der Waals surface area contributed by atoms with Gasteiger partial charge in [0.15, 0.2) is 0 Å². The Labute approximate surface area is 78.7 Å². The Morgan fingerprint density at radius 1 is 1.57 bits per heavy atom. The molecule has 1 saturated heterocycles. The maximum absolute atomic E-state index is 12.2. The van der Waals surface area contributed by atoms with Crippen molar-refractivity contribution in [2.24, 2.45) is 0 Å². The molecule has 1 unspecified atom stereocenters. The molecule has 0 amide bonds. The van der Waals surface area contributed by atoms with Gasteiger partial charge in [-0.25, -0.2) is 0 Å². The molecule has 0 aliphatic carbocycles. The van der Waals surface area contributed by atoms with Crippen LogP contribution in [0.3, 0.4) is 0 Å². The second-order valence-electron chi connectivity index (χ2n) is 3.18. The molecular formula is C7H11F3N2O2. The van der Waals surface area contributed by atoms with Gasteiger partial charge in [-0.3, -0.25) is 9.69 Å². The van der Waals surface area contributed by atoms with Gasteiger partial charge in [0, 0.05) is 19.6 Å². The number of carbonyl (C=O) groups is 1. The van der Waals surface area contributed by atoms with Crippen LogP contribution in [0.25, 0.3) is 0 Å². The highest BCUT2D eigenvalue weighted by atomic mass is 19.4. The first-order valence-corrected chi connectivity index (χ1v) is 4.14. The molecule has 1 aliphatic heterocycles. The monoisotopic (exact) mass is 212 g/mol. The molecule has 0 aromatic carbocycles. The topological polar surface area (TPSA) is 52.6 Å². The Morgan fingerprint density at radius 3 is 2.71 bits per heavy atom. The number of rotatable bonds is 2. The van der Waals surface area contributed by atoms with Gasteiger partial charge in [0.2, 0.25) is 0 Å². The molecule has 1 fully saturated rings. The Balaban J connectivity index is 2.48. The van der Waals surface area contributed by atoms with Crippen molar-refractivity contribution in [1.29, 1.82) is 0 Å². The smallest absolute Gasteiger partial charge is 0.405 e. The number of carboxylic acid groups (broad SMARTS) is 1. The second kappa shape index (κ2) is 4.14.